The second kappa shape index (κ2) is 12.7. The van der Waals surface area contributed by atoms with Crippen molar-refractivity contribution in [2.75, 3.05) is 26.8 Å². The second-order valence-electron chi connectivity index (χ2n) is 11.9. The number of carbonyl (C=O) groups excluding carboxylic acids is 3. The summed E-state index contributed by atoms with van der Waals surface area (Å²) in [6, 6.07) is 3.75. The molecule has 6 atom stereocenters. The summed E-state index contributed by atoms with van der Waals surface area (Å²) in [4.78, 5) is 47.1. The van der Waals surface area contributed by atoms with Crippen molar-refractivity contribution in [3.05, 3.63) is 51.6 Å². The number of Topliss-reactive ketones (excluding diaryl/α,β-unsaturated/α-hetero) is 1. The van der Waals surface area contributed by atoms with Crippen LogP contribution in [-0.2, 0) is 20.7 Å². The predicted molar refractivity (Wildman–Crippen MR) is 164 cm³/mol. The number of carbonyl (C=O) groups is 3. The molecule has 1 aliphatic heterocycles. The number of aromatic hydroxyl groups is 2. The number of ether oxygens (including phenoxy) is 3. The molecule has 248 valence electrons. The molecule has 13 nitrogen and oxygen atoms in total. The van der Waals surface area contributed by atoms with E-state index in [1.54, 1.807) is 6.92 Å². The molecule has 0 saturated carbocycles. The number of aliphatic hydroxyl groups excluding tert-OH is 2. The van der Waals surface area contributed by atoms with Gasteiger partial charge in [-0.05, 0) is 33.8 Å². The van der Waals surface area contributed by atoms with Gasteiger partial charge < -0.3 is 44.6 Å². The Kier molecular flexibility index (Phi) is 9.26. The molecule has 1 heterocycles. The van der Waals surface area contributed by atoms with E-state index in [1.807, 2.05) is 25.7 Å². The molecule has 1 fully saturated rings. The van der Waals surface area contributed by atoms with Crippen LogP contribution in [0.5, 0.6) is 17.2 Å². The smallest absolute Gasteiger partial charge is 0.202 e. The highest BCUT2D eigenvalue weighted by atomic mass is 16.7. The normalized spacial score (nSPS) is 27.5. The standard InChI is InChI=1S/C33H40N2O11/c1-6-35(7-2)16(4)34-19-11-23(45-15(3)28(19)38)46-21-13-33(43,22(37)14-36)12-18-25(21)32(42)27-26(30(18)40)29(39)17-9-8-10-20(44-5)24(17)31(27)41/h8-10,15,19,21,23,28,36,38,40,42-43H,6-7,11-14H2,1-5H3/t15?,19-,21-,23?,28+,33?/m0/s1. The number of phenolic OH excluding ortho intramolecular Hbond substituents is 2. The third-order valence-corrected chi connectivity index (χ3v) is 9.30. The Bertz CT molecular complexity index is 1600. The van der Waals surface area contributed by atoms with Gasteiger partial charge in [0.05, 0.1) is 47.9 Å². The van der Waals surface area contributed by atoms with E-state index in [4.69, 9.17) is 19.2 Å². The second-order valence-corrected chi connectivity index (χ2v) is 11.9. The quantitative estimate of drug-likeness (QED) is 0.136. The Hall–Kier alpha value is -3.88. The number of ketones is 3. The molecule has 0 aromatic heterocycles. The molecule has 5 rings (SSSR count). The molecule has 2 aromatic carbocycles. The van der Waals surface area contributed by atoms with Crippen molar-refractivity contribution >= 4 is 23.2 Å². The Morgan fingerprint density at radius 2 is 1.78 bits per heavy atom. The number of hydrogen-bond donors (Lipinski definition) is 5. The van der Waals surface area contributed by atoms with E-state index in [0.29, 0.717) is 18.9 Å². The van der Waals surface area contributed by atoms with E-state index in [9.17, 15) is 39.9 Å². The molecule has 5 N–H and O–H groups in total. The number of aliphatic imine (C=N–C) groups is 1. The van der Waals surface area contributed by atoms with Crippen molar-refractivity contribution in [1.82, 2.24) is 4.90 Å². The van der Waals surface area contributed by atoms with Crippen LogP contribution in [0.4, 0.5) is 0 Å². The summed E-state index contributed by atoms with van der Waals surface area (Å²) in [5.41, 5.74) is -3.62. The maximum atomic E-state index is 13.8. The minimum absolute atomic E-state index is 0.0495. The number of methoxy groups -OCH3 is 1. The van der Waals surface area contributed by atoms with Crippen molar-refractivity contribution in [1.29, 1.82) is 0 Å². The molecule has 1 saturated heterocycles. The molecule has 3 unspecified atom stereocenters. The summed E-state index contributed by atoms with van der Waals surface area (Å²) in [6.07, 6.45) is -5.14. The zero-order valence-corrected chi connectivity index (χ0v) is 26.4. The molecule has 3 aliphatic rings. The molecule has 13 heteroatoms. The lowest BCUT2D eigenvalue weighted by molar-refractivity contribution is -0.247. The van der Waals surface area contributed by atoms with Crippen LogP contribution in [0.2, 0.25) is 0 Å². The lowest BCUT2D eigenvalue weighted by Crippen LogP contribution is -2.50. The van der Waals surface area contributed by atoms with Crippen molar-refractivity contribution in [3.63, 3.8) is 0 Å². The highest BCUT2D eigenvalue weighted by Gasteiger charge is 2.50. The number of hydrogen-bond acceptors (Lipinski definition) is 12. The predicted octanol–water partition coefficient (Wildman–Crippen LogP) is 1.80. The molecular weight excluding hydrogens is 600 g/mol. The zero-order valence-electron chi connectivity index (χ0n) is 26.4. The minimum atomic E-state index is -2.26. The molecule has 0 amide bonds. The number of rotatable bonds is 8. The van der Waals surface area contributed by atoms with Gasteiger partial charge in [-0.2, -0.15) is 0 Å². The minimum Gasteiger partial charge on any atom is -0.507 e. The summed E-state index contributed by atoms with van der Waals surface area (Å²) < 4.78 is 17.6. The van der Waals surface area contributed by atoms with Crippen LogP contribution in [0.3, 0.4) is 0 Å². The van der Waals surface area contributed by atoms with E-state index < -0.39 is 95.7 Å². The molecule has 0 spiro atoms. The summed E-state index contributed by atoms with van der Waals surface area (Å²) in [7, 11) is 1.33. The van der Waals surface area contributed by atoms with E-state index in [-0.39, 0.29) is 34.4 Å². The molecular formula is C33H40N2O11. The van der Waals surface area contributed by atoms with Crippen molar-refractivity contribution in [2.45, 2.75) is 83.2 Å². The van der Waals surface area contributed by atoms with Gasteiger partial charge in [0.1, 0.15) is 35.6 Å². The molecule has 46 heavy (non-hydrogen) atoms. The van der Waals surface area contributed by atoms with Gasteiger partial charge in [0.25, 0.3) is 0 Å². The summed E-state index contributed by atoms with van der Waals surface area (Å²) in [5, 5.41) is 55.3. The highest BCUT2D eigenvalue weighted by molar-refractivity contribution is 6.31. The monoisotopic (exact) mass is 640 g/mol. The van der Waals surface area contributed by atoms with E-state index in [0.717, 1.165) is 0 Å². The van der Waals surface area contributed by atoms with Crippen LogP contribution in [0.25, 0.3) is 0 Å². The van der Waals surface area contributed by atoms with Crippen LogP contribution in [0, 0.1) is 0 Å². The van der Waals surface area contributed by atoms with E-state index in [2.05, 4.69) is 0 Å². The first-order chi connectivity index (χ1) is 21.8. The maximum Gasteiger partial charge on any atom is 0.202 e. The molecule has 0 bridgehead atoms. The van der Waals surface area contributed by atoms with Gasteiger partial charge >= 0.3 is 0 Å². The SMILES string of the molecule is CCN(CC)C(C)=N[C@H]1CC(O[C@H]2CC(O)(C(=O)CO)Cc3c(O)c4c(c(O)c32)C(=O)c2c(OC)cccc2C4=O)OC(C)[C@H]1O. The largest absolute Gasteiger partial charge is 0.507 e. The summed E-state index contributed by atoms with van der Waals surface area (Å²) in [5.74, 6) is -3.04. The number of benzene rings is 2. The molecule has 2 aliphatic carbocycles. The Balaban J connectivity index is 1.61. The Labute approximate surface area is 266 Å². The Morgan fingerprint density at radius 1 is 1.11 bits per heavy atom. The van der Waals surface area contributed by atoms with E-state index >= 15 is 0 Å². The van der Waals surface area contributed by atoms with Gasteiger partial charge in [0, 0.05) is 49.0 Å². The first-order valence-electron chi connectivity index (χ1n) is 15.3. The van der Waals surface area contributed by atoms with Crippen LogP contribution in [0.15, 0.2) is 23.2 Å². The summed E-state index contributed by atoms with van der Waals surface area (Å²) in [6.45, 7) is 7.85. The number of nitrogens with zero attached hydrogens (tertiary/aromatic N) is 2. The lowest BCUT2D eigenvalue weighted by atomic mass is 9.72. The number of amidine groups is 1. The van der Waals surface area contributed by atoms with E-state index in [1.165, 1.54) is 25.3 Å². The van der Waals surface area contributed by atoms with Gasteiger partial charge in [0.2, 0.25) is 5.78 Å². The lowest BCUT2D eigenvalue weighted by Gasteiger charge is -2.42. The van der Waals surface area contributed by atoms with Crippen molar-refractivity contribution in [2.24, 2.45) is 4.99 Å². The molecule has 2 aromatic rings. The van der Waals surface area contributed by atoms with Crippen LogP contribution < -0.4 is 4.74 Å². The Morgan fingerprint density at radius 3 is 2.41 bits per heavy atom. The van der Waals surface area contributed by atoms with Crippen LogP contribution >= 0.6 is 0 Å². The van der Waals surface area contributed by atoms with Crippen LogP contribution in [-0.4, -0.2) is 111 Å². The van der Waals surface area contributed by atoms with Gasteiger partial charge in [-0.3, -0.25) is 19.4 Å². The van der Waals surface area contributed by atoms with Crippen molar-refractivity contribution in [3.8, 4) is 17.2 Å². The zero-order chi connectivity index (χ0) is 33.7. The third kappa shape index (κ3) is 5.45. The van der Waals surface area contributed by atoms with Gasteiger partial charge in [0.15, 0.2) is 17.9 Å². The fraction of sp³-hybridized carbons (Fsp3) is 0.515. The fourth-order valence-electron chi connectivity index (χ4n) is 6.82. The molecule has 0 radical (unpaired) electrons. The number of fused-ring (bicyclic) bond motifs is 3. The first kappa shape index (κ1) is 33.5. The topological polar surface area (TPSA) is 196 Å². The van der Waals surface area contributed by atoms with Gasteiger partial charge in [-0.15, -0.1) is 0 Å². The van der Waals surface area contributed by atoms with Crippen LogP contribution in [0.1, 0.15) is 89.6 Å². The fourth-order valence-corrected chi connectivity index (χ4v) is 6.82. The first-order valence-corrected chi connectivity index (χ1v) is 15.3. The average Bonchev–Trinajstić information content (AvgIpc) is 3.03. The number of phenols is 2. The van der Waals surface area contributed by atoms with Gasteiger partial charge in [-0.1, -0.05) is 12.1 Å². The highest BCUT2D eigenvalue weighted by Crippen LogP contribution is 2.52. The maximum absolute atomic E-state index is 13.8. The third-order valence-electron chi connectivity index (χ3n) is 9.30. The average molecular weight is 641 g/mol. The van der Waals surface area contributed by atoms with Gasteiger partial charge in [-0.25, -0.2) is 0 Å². The number of aliphatic hydroxyl groups is 3. The van der Waals surface area contributed by atoms with Crippen molar-refractivity contribution < 1.29 is 54.1 Å². The summed E-state index contributed by atoms with van der Waals surface area (Å²) >= 11 is 0.